The molecule has 1 aromatic rings. The van der Waals surface area contributed by atoms with E-state index in [-0.39, 0.29) is 4.75 Å². The highest BCUT2D eigenvalue weighted by Crippen LogP contribution is 2.34. The lowest BCUT2D eigenvalue weighted by Crippen LogP contribution is -2.40. The van der Waals surface area contributed by atoms with E-state index in [4.69, 9.17) is 0 Å². The number of hydrogen-bond acceptors (Lipinski definition) is 4. The third-order valence-electron chi connectivity index (χ3n) is 3.22. The van der Waals surface area contributed by atoms with Crippen molar-refractivity contribution >= 4 is 23.1 Å². The van der Waals surface area contributed by atoms with E-state index in [0.717, 1.165) is 32.5 Å². The van der Waals surface area contributed by atoms with Gasteiger partial charge in [0.25, 0.3) is 0 Å². The summed E-state index contributed by atoms with van der Waals surface area (Å²) in [7, 11) is 0. The average molecular weight is 252 g/mol. The smallest absolute Gasteiger partial charge is 0.104 e. The van der Waals surface area contributed by atoms with Crippen LogP contribution in [0.3, 0.4) is 0 Å². The van der Waals surface area contributed by atoms with Crippen LogP contribution in [0.4, 0.5) is 0 Å². The van der Waals surface area contributed by atoms with Crippen LogP contribution in [0.1, 0.15) is 17.7 Å². The SMILES string of the molecule is CSC1(C#N)CCN(Cc2cccs2)CC1. The summed E-state index contributed by atoms with van der Waals surface area (Å²) in [6.07, 6.45) is 4.05. The Bertz CT molecular complexity index is 359. The first-order chi connectivity index (χ1) is 7.78. The first-order valence-corrected chi connectivity index (χ1v) is 7.59. The molecule has 0 bridgehead atoms. The highest BCUT2D eigenvalue weighted by molar-refractivity contribution is 8.00. The molecule has 0 saturated carbocycles. The largest absolute Gasteiger partial charge is 0.298 e. The molecule has 1 fully saturated rings. The van der Waals surface area contributed by atoms with Gasteiger partial charge in [0, 0.05) is 24.5 Å². The molecular formula is C12H16N2S2. The van der Waals surface area contributed by atoms with Crippen LogP contribution < -0.4 is 0 Å². The first-order valence-electron chi connectivity index (χ1n) is 5.49. The van der Waals surface area contributed by atoms with E-state index in [9.17, 15) is 5.26 Å². The van der Waals surface area contributed by atoms with Crippen molar-refractivity contribution in [3.63, 3.8) is 0 Å². The van der Waals surface area contributed by atoms with E-state index in [1.54, 1.807) is 11.8 Å². The third kappa shape index (κ3) is 2.60. The number of hydrogen-bond donors (Lipinski definition) is 0. The molecule has 2 nitrogen and oxygen atoms in total. The summed E-state index contributed by atoms with van der Waals surface area (Å²) >= 11 is 3.53. The predicted octanol–water partition coefficient (Wildman–Crippen LogP) is 2.97. The maximum absolute atomic E-state index is 9.20. The quantitative estimate of drug-likeness (QED) is 0.827. The Hall–Kier alpha value is -0.500. The predicted molar refractivity (Wildman–Crippen MR) is 70.7 cm³/mol. The Morgan fingerprint density at radius 1 is 1.56 bits per heavy atom. The van der Waals surface area contributed by atoms with E-state index >= 15 is 0 Å². The molecule has 0 N–H and O–H groups in total. The van der Waals surface area contributed by atoms with E-state index in [1.807, 2.05) is 11.3 Å². The third-order valence-corrected chi connectivity index (χ3v) is 5.36. The molecule has 16 heavy (non-hydrogen) atoms. The van der Waals surface area contributed by atoms with Gasteiger partial charge in [-0.1, -0.05) is 6.07 Å². The summed E-state index contributed by atoms with van der Waals surface area (Å²) in [5.74, 6) is 0. The molecule has 1 aromatic heterocycles. The van der Waals surface area contributed by atoms with Crippen molar-refractivity contribution in [1.82, 2.24) is 4.90 Å². The van der Waals surface area contributed by atoms with Crippen molar-refractivity contribution in [1.29, 1.82) is 5.26 Å². The molecule has 1 saturated heterocycles. The van der Waals surface area contributed by atoms with Gasteiger partial charge in [-0.2, -0.15) is 5.26 Å². The fraction of sp³-hybridized carbons (Fsp3) is 0.583. The molecule has 4 heteroatoms. The molecular weight excluding hydrogens is 236 g/mol. The van der Waals surface area contributed by atoms with E-state index in [0.29, 0.717) is 0 Å². The van der Waals surface area contributed by atoms with Crippen molar-refractivity contribution in [2.45, 2.75) is 24.1 Å². The Labute approximate surface area is 105 Å². The summed E-state index contributed by atoms with van der Waals surface area (Å²) in [5, 5.41) is 11.3. The number of piperidine rings is 1. The number of thiophene rings is 1. The van der Waals surface area contributed by atoms with Crippen LogP contribution in [0.25, 0.3) is 0 Å². The number of likely N-dealkylation sites (tertiary alicyclic amines) is 1. The fourth-order valence-corrected chi connectivity index (χ4v) is 3.49. The van der Waals surface area contributed by atoms with Gasteiger partial charge >= 0.3 is 0 Å². The molecule has 0 unspecified atom stereocenters. The second-order valence-corrected chi connectivity index (χ2v) is 6.39. The zero-order chi connectivity index (χ0) is 11.4. The lowest BCUT2D eigenvalue weighted by atomic mass is 9.97. The highest BCUT2D eigenvalue weighted by atomic mass is 32.2. The Morgan fingerprint density at radius 3 is 2.81 bits per heavy atom. The van der Waals surface area contributed by atoms with Crippen molar-refractivity contribution in [2.75, 3.05) is 19.3 Å². The van der Waals surface area contributed by atoms with Crippen LogP contribution in [0, 0.1) is 11.3 Å². The molecule has 2 heterocycles. The lowest BCUT2D eigenvalue weighted by Gasteiger charge is -2.35. The van der Waals surface area contributed by atoms with Crippen molar-refractivity contribution < 1.29 is 0 Å². The van der Waals surface area contributed by atoms with Gasteiger partial charge in [-0.05, 0) is 30.5 Å². The second kappa shape index (κ2) is 5.22. The van der Waals surface area contributed by atoms with Gasteiger partial charge in [0.05, 0.1) is 6.07 Å². The topological polar surface area (TPSA) is 27.0 Å². The molecule has 0 atom stereocenters. The maximum Gasteiger partial charge on any atom is 0.104 e. The molecule has 86 valence electrons. The maximum atomic E-state index is 9.20. The van der Waals surface area contributed by atoms with Crippen LogP contribution in [0.15, 0.2) is 17.5 Å². The summed E-state index contributed by atoms with van der Waals surface area (Å²) in [5.41, 5.74) is 0. The first kappa shape index (κ1) is 12.0. The average Bonchev–Trinajstić information content (AvgIpc) is 2.83. The standard InChI is InChI=1S/C12H16N2S2/c1-15-12(10-13)4-6-14(7-5-12)9-11-3-2-8-16-11/h2-3,8H,4-7,9H2,1H3. The Kier molecular flexibility index (Phi) is 3.91. The Morgan fingerprint density at radius 2 is 2.31 bits per heavy atom. The molecule has 0 spiro atoms. The van der Waals surface area contributed by atoms with Crippen molar-refractivity contribution in [2.24, 2.45) is 0 Å². The van der Waals surface area contributed by atoms with Gasteiger partial charge in [0.15, 0.2) is 0 Å². The van der Waals surface area contributed by atoms with E-state index in [1.165, 1.54) is 4.88 Å². The van der Waals surface area contributed by atoms with Crippen molar-refractivity contribution in [3.8, 4) is 6.07 Å². The van der Waals surface area contributed by atoms with Gasteiger partial charge < -0.3 is 0 Å². The molecule has 0 aliphatic carbocycles. The molecule has 1 aliphatic rings. The van der Waals surface area contributed by atoms with Crippen LogP contribution >= 0.6 is 23.1 Å². The number of thioether (sulfide) groups is 1. The van der Waals surface area contributed by atoms with Gasteiger partial charge in [-0.25, -0.2) is 0 Å². The van der Waals surface area contributed by atoms with Crippen LogP contribution in [-0.4, -0.2) is 29.0 Å². The Balaban J connectivity index is 1.88. The van der Waals surface area contributed by atoms with E-state index in [2.05, 4.69) is 34.7 Å². The fourth-order valence-electron chi connectivity index (χ4n) is 2.06. The highest BCUT2D eigenvalue weighted by Gasteiger charge is 2.33. The number of nitrogens with zero attached hydrogens (tertiary/aromatic N) is 2. The molecule has 0 aromatic carbocycles. The summed E-state index contributed by atoms with van der Waals surface area (Å²) in [6, 6.07) is 6.77. The zero-order valence-corrected chi connectivity index (χ0v) is 11.1. The zero-order valence-electron chi connectivity index (χ0n) is 9.48. The van der Waals surface area contributed by atoms with Crippen LogP contribution in [-0.2, 0) is 6.54 Å². The lowest BCUT2D eigenvalue weighted by molar-refractivity contribution is 0.211. The molecule has 0 amide bonds. The van der Waals surface area contributed by atoms with Crippen LogP contribution in [0.2, 0.25) is 0 Å². The van der Waals surface area contributed by atoms with Gasteiger partial charge in [0.2, 0.25) is 0 Å². The van der Waals surface area contributed by atoms with Gasteiger partial charge in [-0.3, -0.25) is 4.90 Å². The molecule has 2 rings (SSSR count). The van der Waals surface area contributed by atoms with E-state index < -0.39 is 0 Å². The monoisotopic (exact) mass is 252 g/mol. The normalized spacial score (nSPS) is 20.5. The molecule has 0 radical (unpaired) electrons. The van der Waals surface area contributed by atoms with Gasteiger partial charge in [-0.15, -0.1) is 23.1 Å². The summed E-state index contributed by atoms with van der Waals surface area (Å²) in [6.45, 7) is 3.14. The van der Waals surface area contributed by atoms with Gasteiger partial charge in [0.1, 0.15) is 4.75 Å². The van der Waals surface area contributed by atoms with Crippen molar-refractivity contribution in [3.05, 3.63) is 22.4 Å². The number of nitriles is 1. The number of rotatable bonds is 3. The molecule has 1 aliphatic heterocycles. The second-order valence-electron chi connectivity index (χ2n) is 4.17. The minimum absolute atomic E-state index is 0.119. The summed E-state index contributed by atoms with van der Waals surface area (Å²) < 4.78 is -0.119. The minimum atomic E-state index is -0.119. The van der Waals surface area contributed by atoms with Crippen LogP contribution in [0.5, 0.6) is 0 Å². The minimum Gasteiger partial charge on any atom is -0.298 e. The summed E-state index contributed by atoms with van der Waals surface area (Å²) in [4.78, 5) is 3.88.